The Balaban J connectivity index is 2.17. The lowest BCUT2D eigenvalue weighted by Crippen LogP contribution is -2.15. The Hall–Kier alpha value is -1.19. The predicted octanol–water partition coefficient (Wildman–Crippen LogP) is 1.04. The van der Waals surface area contributed by atoms with E-state index < -0.39 is 0 Å². The molecular formula is C9H13N3O. The van der Waals surface area contributed by atoms with E-state index in [9.17, 15) is 4.79 Å². The van der Waals surface area contributed by atoms with E-state index in [4.69, 9.17) is 0 Å². The molecule has 4 nitrogen and oxygen atoms in total. The first-order chi connectivity index (χ1) is 6.27. The van der Waals surface area contributed by atoms with Crippen LogP contribution in [0.4, 0.5) is 0 Å². The molecule has 1 aromatic heterocycles. The Kier molecular flexibility index (Phi) is 2.12. The maximum atomic E-state index is 11.2. The van der Waals surface area contributed by atoms with Gasteiger partial charge in [-0.2, -0.15) is 0 Å². The van der Waals surface area contributed by atoms with Crippen molar-refractivity contribution >= 4 is 5.78 Å². The minimum Gasteiger partial charge on any atom is -0.300 e. The number of hydrogen-bond acceptors (Lipinski definition) is 3. The summed E-state index contributed by atoms with van der Waals surface area (Å²) in [5.74, 6) is 0.721. The first-order valence-electron chi connectivity index (χ1n) is 4.63. The fourth-order valence-corrected chi connectivity index (χ4v) is 1.94. The molecule has 13 heavy (non-hydrogen) atoms. The number of carbonyl (C=O) groups excluding carboxylic acids is 1. The van der Waals surface area contributed by atoms with Crippen molar-refractivity contribution in [3.63, 3.8) is 0 Å². The molecule has 0 saturated heterocycles. The summed E-state index contributed by atoms with van der Waals surface area (Å²) in [7, 11) is 1.88. The van der Waals surface area contributed by atoms with Gasteiger partial charge in [-0.05, 0) is 12.8 Å². The Labute approximate surface area is 76.9 Å². The zero-order valence-corrected chi connectivity index (χ0v) is 7.73. The van der Waals surface area contributed by atoms with Crippen LogP contribution in [0, 0.1) is 0 Å². The molecule has 1 aromatic rings. The van der Waals surface area contributed by atoms with Crippen LogP contribution >= 0.6 is 0 Å². The van der Waals surface area contributed by atoms with Gasteiger partial charge in [-0.15, -0.1) is 5.10 Å². The van der Waals surface area contributed by atoms with Crippen molar-refractivity contribution < 1.29 is 4.79 Å². The number of aryl methyl sites for hydroxylation is 1. The van der Waals surface area contributed by atoms with Gasteiger partial charge >= 0.3 is 0 Å². The largest absolute Gasteiger partial charge is 0.300 e. The normalized spacial score (nSPS) is 23.5. The van der Waals surface area contributed by atoms with Crippen molar-refractivity contribution in [2.45, 2.75) is 31.6 Å². The van der Waals surface area contributed by atoms with Gasteiger partial charge < -0.3 is 0 Å². The molecular weight excluding hydrogens is 166 g/mol. The van der Waals surface area contributed by atoms with Gasteiger partial charge in [0.25, 0.3) is 0 Å². The number of rotatable bonds is 1. The van der Waals surface area contributed by atoms with E-state index in [1.165, 1.54) is 0 Å². The minimum atomic E-state index is 0.348. The third kappa shape index (κ3) is 1.61. The zero-order chi connectivity index (χ0) is 9.26. The maximum absolute atomic E-state index is 11.2. The third-order valence-electron chi connectivity index (χ3n) is 2.65. The first-order valence-corrected chi connectivity index (χ1v) is 4.63. The molecule has 0 spiro atoms. The van der Waals surface area contributed by atoms with Gasteiger partial charge in [0.05, 0.1) is 11.9 Å². The highest BCUT2D eigenvalue weighted by molar-refractivity contribution is 5.79. The predicted molar refractivity (Wildman–Crippen MR) is 47.2 cm³/mol. The van der Waals surface area contributed by atoms with Gasteiger partial charge in [-0.1, -0.05) is 5.21 Å². The lowest BCUT2D eigenvalue weighted by atomic mass is 9.86. The number of aromatic nitrogens is 3. The van der Waals surface area contributed by atoms with Gasteiger partial charge in [0.2, 0.25) is 0 Å². The number of Topliss-reactive ketones (excluding diaryl/α,β-unsaturated/α-hetero) is 1. The molecule has 0 bridgehead atoms. The van der Waals surface area contributed by atoms with Gasteiger partial charge in [-0.25, -0.2) is 0 Å². The van der Waals surface area contributed by atoms with E-state index in [1.807, 2.05) is 7.05 Å². The molecule has 0 aliphatic heterocycles. The molecule has 1 saturated carbocycles. The summed E-state index contributed by atoms with van der Waals surface area (Å²) >= 11 is 0. The summed E-state index contributed by atoms with van der Waals surface area (Å²) < 4.78 is 1.77. The van der Waals surface area contributed by atoms with E-state index in [0.717, 1.165) is 25.0 Å². The van der Waals surface area contributed by atoms with Crippen molar-refractivity contribution in [2.75, 3.05) is 0 Å². The van der Waals surface area contributed by atoms with Crippen LogP contribution in [0.1, 0.15) is 37.3 Å². The van der Waals surface area contributed by atoms with E-state index in [2.05, 4.69) is 10.3 Å². The second-order valence-electron chi connectivity index (χ2n) is 3.61. The highest BCUT2D eigenvalue weighted by atomic mass is 16.1. The van der Waals surface area contributed by atoms with Gasteiger partial charge in [0.1, 0.15) is 5.78 Å². The number of hydrogen-bond donors (Lipinski definition) is 0. The molecule has 1 atom stereocenters. The van der Waals surface area contributed by atoms with Crippen LogP contribution in [0.5, 0.6) is 0 Å². The topological polar surface area (TPSA) is 47.8 Å². The number of carbonyl (C=O) groups is 1. The molecule has 70 valence electrons. The van der Waals surface area contributed by atoms with E-state index in [-0.39, 0.29) is 0 Å². The van der Waals surface area contributed by atoms with Gasteiger partial charge in [0, 0.05) is 25.8 Å². The summed E-state index contributed by atoms with van der Waals surface area (Å²) in [5, 5.41) is 7.70. The van der Waals surface area contributed by atoms with Crippen molar-refractivity contribution in [3.05, 3.63) is 11.9 Å². The average Bonchev–Trinajstić information content (AvgIpc) is 2.51. The van der Waals surface area contributed by atoms with Gasteiger partial charge in [0.15, 0.2) is 0 Å². The van der Waals surface area contributed by atoms with Crippen molar-refractivity contribution in [2.24, 2.45) is 7.05 Å². The molecule has 1 aliphatic carbocycles. The Morgan fingerprint density at radius 1 is 1.62 bits per heavy atom. The summed E-state index contributed by atoms with van der Waals surface area (Å²) in [6.07, 6.45) is 5.29. The summed E-state index contributed by atoms with van der Waals surface area (Å²) in [6, 6.07) is 0. The van der Waals surface area contributed by atoms with Crippen molar-refractivity contribution in [1.29, 1.82) is 0 Å². The second kappa shape index (κ2) is 3.28. The summed E-state index contributed by atoms with van der Waals surface area (Å²) in [4.78, 5) is 11.2. The standard InChI is InChI=1S/C9H13N3O/c1-12-9(6-10-11-12)7-3-2-4-8(13)5-7/h6-7H,2-5H2,1H3. The second-order valence-corrected chi connectivity index (χ2v) is 3.61. The smallest absolute Gasteiger partial charge is 0.133 e. The molecule has 0 aromatic carbocycles. The Bertz CT molecular complexity index is 318. The fourth-order valence-electron chi connectivity index (χ4n) is 1.94. The Morgan fingerprint density at radius 2 is 2.46 bits per heavy atom. The van der Waals surface area contributed by atoms with Crippen molar-refractivity contribution in [1.82, 2.24) is 15.0 Å². The molecule has 1 fully saturated rings. The van der Waals surface area contributed by atoms with Crippen LogP contribution in [0.2, 0.25) is 0 Å². The summed E-state index contributed by atoms with van der Waals surface area (Å²) in [6.45, 7) is 0. The molecule has 1 heterocycles. The lowest BCUT2D eigenvalue weighted by Gasteiger charge is -2.19. The molecule has 0 radical (unpaired) electrons. The van der Waals surface area contributed by atoms with Crippen LogP contribution in [0.15, 0.2) is 6.20 Å². The zero-order valence-electron chi connectivity index (χ0n) is 7.73. The highest BCUT2D eigenvalue weighted by Gasteiger charge is 2.23. The number of ketones is 1. The van der Waals surface area contributed by atoms with Crippen LogP contribution in [-0.2, 0) is 11.8 Å². The molecule has 0 amide bonds. The third-order valence-corrected chi connectivity index (χ3v) is 2.65. The molecule has 2 rings (SSSR count). The lowest BCUT2D eigenvalue weighted by molar-refractivity contribution is -0.120. The first kappa shape index (κ1) is 8.41. The van der Waals surface area contributed by atoms with Crippen LogP contribution in [0.25, 0.3) is 0 Å². The quantitative estimate of drug-likeness (QED) is 0.647. The Morgan fingerprint density at radius 3 is 3.08 bits per heavy atom. The fraction of sp³-hybridized carbons (Fsp3) is 0.667. The van der Waals surface area contributed by atoms with E-state index in [0.29, 0.717) is 18.1 Å². The minimum absolute atomic E-state index is 0.348. The monoisotopic (exact) mass is 179 g/mol. The number of nitrogens with zero attached hydrogens (tertiary/aromatic N) is 3. The molecule has 0 N–H and O–H groups in total. The van der Waals surface area contributed by atoms with Crippen LogP contribution in [-0.4, -0.2) is 20.8 Å². The molecule has 1 aliphatic rings. The van der Waals surface area contributed by atoms with Crippen LogP contribution < -0.4 is 0 Å². The molecule has 4 heteroatoms. The maximum Gasteiger partial charge on any atom is 0.133 e. The van der Waals surface area contributed by atoms with Crippen LogP contribution in [0.3, 0.4) is 0 Å². The van der Waals surface area contributed by atoms with Gasteiger partial charge in [-0.3, -0.25) is 9.48 Å². The van der Waals surface area contributed by atoms with Crippen molar-refractivity contribution in [3.8, 4) is 0 Å². The average molecular weight is 179 g/mol. The highest BCUT2D eigenvalue weighted by Crippen LogP contribution is 2.29. The molecule has 1 unspecified atom stereocenters. The van der Waals surface area contributed by atoms with E-state index in [1.54, 1.807) is 10.9 Å². The SMILES string of the molecule is Cn1nncc1C1CCCC(=O)C1. The van der Waals surface area contributed by atoms with E-state index >= 15 is 0 Å². The summed E-state index contributed by atoms with van der Waals surface area (Å²) in [5.41, 5.74) is 1.09.